The first-order valence-electron chi connectivity index (χ1n) is 10.6. The number of ether oxygens (including phenoxy) is 2. The third kappa shape index (κ3) is 4.10. The van der Waals surface area contributed by atoms with Crippen molar-refractivity contribution in [2.24, 2.45) is 0 Å². The second kappa shape index (κ2) is 8.75. The summed E-state index contributed by atoms with van der Waals surface area (Å²) in [6.07, 6.45) is 6.97. The fourth-order valence-corrected chi connectivity index (χ4v) is 4.42. The Kier molecular flexibility index (Phi) is 5.88. The molecule has 31 heavy (non-hydrogen) atoms. The minimum Gasteiger partial charge on any atom is -0.462 e. The number of hydrogen-bond acceptors (Lipinski definition) is 6. The van der Waals surface area contributed by atoms with Gasteiger partial charge in [0.15, 0.2) is 0 Å². The van der Waals surface area contributed by atoms with E-state index in [1.165, 1.54) is 31.4 Å². The number of rotatable bonds is 6. The van der Waals surface area contributed by atoms with Crippen LogP contribution in [0.1, 0.15) is 61.1 Å². The molecule has 8 nitrogen and oxygen atoms in total. The van der Waals surface area contributed by atoms with Crippen molar-refractivity contribution in [2.75, 3.05) is 6.61 Å². The monoisotopic (exact) mass is 423 g/mol. The summed E-state index contributed by atoms with van der Waals surface area (Å²) in [5.74, 6) is 0.399. The van der Waals surface area contributed by atoms with Crippen LogP contribution in [-0.2, 0) is 4.74 Å². The van der Waals surface area contributed by atoms with Crippen molar-refractivity contribution in [1.29, 1.82) is 0 Å². The number of carbonyl (C=O) groups is 1. The number of nitro groups is 1. The first kappa shape index (κ1) is 20.8. The third-order valence-electron chi connectivity index (χ3n) is 5.79. The van der Waals surface area contributed by atoms with E-state index >= 15 is 0 Å². The lowest BCUT2D eigenvalue weighted by molar-refractivity contribution is -0.385. The normalized spacial score (nSPS) is 14.5. The van der Waals surface area contributed by atoms with Gasteiger partial charge in [0.1, 0.15) is 11.9 Å². The highest BCUT2D eigenvalue weighted by atomic mass is 16.6. The molecule has 0 unspecified atom stereocenters. The average molecular weight is 423 g/mol. The molecular weight excluding hydrogens is 398 g/mol. The molecule has 0 amide bonds. The van der Waals surface area contributed by atoms with Gasteiger partial charge in [-0.1, -0.05) is 19.3 Å². The van der Waals surface area contributed by atoms with E-state index in [-0.39, 0.29) is 17.5 Å². The number of fused-ring (bicyclic) bond motifs is 1. The lowest BCUT2D eigenvalue weighted by Gasteiger charge is -2.26. The van der Waals surface area contributed by atoms with Crippen LogP contribution < -0.4 is 4.74 Å². The number of pyridine rings is 1. The van der Waals surface area contributed by atoms with Crippen LogP contribution in [0.5, 0.6) is 11.6 Å². The average Bonchev–Trinajstić information content (AvgIpc) is 3.06. The lowest BCUT2D eigenvalue weighted by Crippen LogP contribution is -2.15. The molecule has 0 N–H and O–H groups in total. The van der Waals surface area contributed by atoms with E-state index in [4.69, 9.17) is 9.47 Å². The van der Waals surface area contributed by atoms with Crippen molar-refractivity contribution in [3.63, 3.8) is 0 Å². The standard InChI is InChI=1S/C23H25N3O5/c1-3-30-23(27)22-15(2)25(16-7-5-4-6-8-16)20-11-10-18(13-19(20)22)31-21-12-9-17(14-24-21)26(28)29/h9-14,16H,3-8H2,1-2H3. The number of hydrogen-bond donors (Lipinski definition) is 0. The Hall–Kier alpha value is -3.42. The van der Waals surface area contributed by atoms with Gasteiger partial charge in [-0.15, -0.1) is 0 Å². The van der Waals surface area contributed by atoms with E-state index in [1.807, 2.05) is 25.1 Å². The molecule has 0 aliphatic heterocycles. The molecule has 1 saturated carbocycles. The molecule has 2 aromatic heterocycles. The minimum absolute atomic E-state index is 0.104. The summed E-state index contributed by atoms with van der Waals surface area (Å²) in [6, 6.07) is 8.76. The van der Waals surface area contributed by atoms with E-state index in [9.17, 15) is 14.9 Å². The number of nitrogens with zero attached hydrogens (tertiary/aromatic N) is 3. The van der Waals surface area contributed by atoms with E-state index in [0.29, 0.717) is 24.0 Å². The second-order valence-corrected chi connectivity index (χ2v) is 7.74. The molecule has 0 bridgehead atoms. The summed E-state index contributed by atoms with van der Waals surface area (Å²) in [7, 11) is 0. The van der Waals surface area contributed by atoms with Crippen molar-refractivity contribution in [1.82, 2.24) is 9.55 Å². The molecule has 1 aromatic carbocycles. The molecular formula is C23H25N3O5. The molecule has 1 fully saturated rings. The second-order valence-electron chi connectivity index (χ2n) is 7.74. The molecule has 2 heterocycles. The molecule has 0 radical (unpaired) electrons. The fraction of sp³-hybridized carbons (Fsp3) is 0.391. The molecule has 0 saturated heterocycles. The molecule has 1 aliphatic rings. The smallest absolute Gasteiger partial charge is 0.340 e. The predicted octanol–water partition coefficient (Wildman–Crippen LogP) is 5.73. The third-order valence-corrected chi connectivity index (χ3v) is 5.79. The van der Waals surface area contributed by atoms with Crippen LogP contribution in [0.2, 0.25) is 0 Å². The van der Waals surface area contributed by atoms with Gasteiger partial charge in [-0.2, -0.15) is 0 Å². The van der Waals surface area contributed by atoms with E-state index in [1.54, 1.807) is 6.92 Å². The molecule has 162 valence electrons. The zero-order valence-electron chi connectivity index (χ0n) is 17.7. The van der Waals surface area contributed by atoms with Crippen molar-refractivity contribution in [3.8, 4) is 11.6 Å². The summed E-state index contributed by atoms with van der Waals surface area (Å²) in [5, 5.41) is 11.6. The summed E-state index contributed by atoms with van der Waals surface area (Å²) < 4.78 is 13.4. The minimum atomic E-state index is -0.509. The van der Waals surface area contributed by atoms with E-state index in [0.717, 1.165) is 35.6 Å². The van der Waals surface area contributed by atoms with Gasteiger partial charge in [-0.25, -0.2) is 9.78 Å². The molecule has 4 rings (SSSR count). The van der Waals surface area contributed by atoms with Gasteiger partial charge >= 0.3 is 5.97 Å². The van der Waals surface area contributed by atoms with Gasteiger partial charge < -0.3 is 14.0 Å². The SMILES string of the molecule is CCOC(=O)c1c(C)n(C2CCCCC2)c2ccc(Oc3ccc([N+](=O)[O-])cn3)cc12. The van der Waals surface area contributed by atoms with Gasteiger partial charge in [0.2, 0.25) is 5.88 Å². The van der Waals surface area contributed by atoms with Crippen molar-refractivity contribution in [2.45, 2.75) is 52.0 Å². The van der Waals surface area contributed by atoms with Crippen LogP contribution in [0.25, 0.3) is 10.9 Å². The highest BCUT2D eigenvalue weighted by Gasteiger charge is 2.26. The first-order chi connectivity index (χ1) is 15.0. The number of benzene rings is 1. The van der Waals surface area contributed by atoms with Gasteiger partial charge in [0.05, 0.1) is 17.1 Å². The first-order valence-corrected chi connectivity index (χ1v) is 10.6. The van der Waals surface area contributed by atoms with Gasteiger partial charge in [-0.05, 0) is 44.9 Å². The van der Waals surface area contributed by atoms with Crippen LogP contribution in [0, 0.1) is 17.0 Å². The van der Waals surface area contributed by atoms with Crippen molar-refractivity contribution >= 4 is 22.6 Å². The van der Waals surface area contributed by atoms with Crippen molar-refractivity contribution < 1.29 is 19.2 Å². The summed E-state index contributed by atoms with van der Waals surface area (Å²) >= 11 is 0. The maximum atomic E-state index is 12.8. The van der Waals surface area contributed by atoms with Crippen LogP contribution in [0.4, 0.5) is 5.69 Å². The lowest BCUT2D eigenvalue weighted by atomic mass is 9.95. The number of aromatic nitrogens is 2. The Morgan fingerprint density at radius 1 is 1.23 bits per heavy atom. The van der Waals surface area contributed by atoms with Crippen LogP contribution >= 0.6 is 0 Å². The number of carbonyl (C=O) groups excluding carboxylic acids is 1. The fourth-order valence-electron chi connectivity index (χ4n) is 4.42. The number of esters is 1. The van der Waals surface area contributed by atoms with Crippen LogP contribution in [-0.4, -0.2) is 27.1 Å². The summed E-state index contributed by atoms with van der Waals surface area (Å²) in [5.41, 5.74) is 2.35. The Labute approximate surface area is 179 Å². The molecule has 8 heteroatoms. The molecule has 0 atom stereocenters. The van der Waals surface area contributed by atoms with Crippen molar-refractivity contribution in [3.05, 3.63) is 57.9 Å². The molecule has 1 aliphatic carbocycles. The summed E-state index contributed by atoms with van der Waals surface area (Å²) in [4.78, 5) is 27.1. The summed E-state index contributed by atoms with van der Waals surface area (Å²) in [6.45, 7) is 4.07. The van der Waals surface area contributed by atoms with Crippen LogP contribution in [0.15, 0.2) is 36.5 Å². The highest BCUT2D eigenvalue weighted by Crippen LogP contribution is 2.38. The van der Waals surface area contributed by atoms with Crippen LogP contribution in [0.3, 0.4) is 0 Å². The predicted molar refractivity (Wildman–Crippen MR) is 116 cm³/mol. The topological polar surface area (TPSA) is 96.5 Å². The van der Waals surface area contributed by atoms with Gasteiger partial charge in [0.25, 0.3) is 5.69 Å². The van der Waals surface area contributed by atoms with E-state index < -0.39 is 4.92 Å². The largest absolute Gasteiger partial charge is 0.462 e. The molecule has 0 spiro atoms. The maximum absolute atomic E-state index is 12.8. The Bertz CT molecular complexity index is 1110. The quantitative estimate of drug-likeness (QED) is 0.285. The van der Waals surface area contributed by atoms with Gasteiger partial charge in [0, 0.05) is 34.8 Å². The Morgan fingerprint density at radius 3 is 2.65 bits per heavy atom. The zero-order valence-corrected chi connectivity index (χ0v) is 17.7. The van der Waals surface area contributed by atoms with E-state index in [2.05, 4.69) is 9.55 Å². The Balaban J connectivity index is 1.75. The highest BCUT2D eigenvalue weighted by molar-refractivity contribution is 6.06. The maximum Gasteiger partial charge on any atom is 0.340 e. The zero-order chi connectivity index (χ0) is 22.0. The Morgan fingerprint density at radius 2 is 2.00 bits per heavy atom. The molecule has 3 aromatic rings. The van der Waals surface area contributed by atoms with Gasteiger partial charge in [-0.3, -0.25) is 10.1 Å².